The molecule has 1 amide bonds. The molecule has 2 heterocycles. The molecule has 1 aromatic heterocycles. The van der Waals surface area contributed by atoms with Gasteiger partial charge in [0.1, 0.15) is 11.6 Å². The van der Waals surface area contributed by atoms with E-state index >= 15 is 0 Å². The molecule has 1 atom stereocenters. The van der Waals surface area contributed by atoms with Gasteiger partial charge in [-0.15, -0.1) is 0 Å². The molecule has 1 unspecified atom stereocenters. The normalized spacial score (nSPS) is 17.4. The number of anilines is 1. The summed E-state index contributed by atoms with van der Waals surface area (Å²) in [5.41, 5.74) is 2.16. The zero-order valence-electron chi connectivity index (χ0n) is 10.8. The summed E-state index contributed by atoms with van der Waals surface area (Å²) in [6.07, 6.45) is 1.09. The van der Waals surface area contributed by atoms with Crippen LogP contribution in [0.3, 0.4) is 0 Å². The van der Waals surface area contributed by atoms with Crippen LogP contribution >= 0.6 is 0 Å². The van der Waals surface area contributed by atoms with Gasteiger partial charge in [-0.25, -0.2) is 9.37 Å². The van der Waals surface area contributed by atoms with Crippen LogP contribution < -0.4 is 10.6 Å². The van der Waals surface area contributed by atoms with E-state index in [0.29, 0.717) is 12.4 Å². The van der Waals surface area contributed by atoms with E-state index in [1.54, 1.807) is 0 Å². The quantitative estimate of drug-likeness (QED) is 0.879. The van der Waals surface area contributed by atoms with E-state index in [1.165, 1.54) is 12.1 Å². The lowest BCUT2D eigenvalue weighted by molar-refractivity contribution is -0.117. The number of carbonyl (C=O) groups is 1. The first kappa shape index (κ1) is 12.7. The van der Waals surface area contributed by atoms with Crippen LogP contribution in [0.4, 0.5) is 10.2 Å². The van der Waals surface area contributed by atoms with Crippen molar-refractivity contribution in [3.63, 3.8) is 0 Å². The number of pyridine rings is 1. The Kier molecular flexibility index (Phi) is 3.43. The second-order valence-corrected chi connectivity index (χ2v) is 4.73. The van der Waals surface area contributed by atoms with Gasteiger partial charge in [0.05, 0.1) is 12.1 Å². The molecule has 1 aliphatic rings. The van der Waals surface area contributed by atoms with Gasteiger partial charge in [-0.1, -0.05) is 24.3 Å². The van der Waals surface area contributed by atoms with E-state index in [-0.39, 0.29) is 11.8 Å². The van der Waals surface area contributed by atoms with Crippen molar-refractivity contribution in [1.82, 2.24) is 10.3 Å². The second kappa shape index (κ2) is 5.38. The fourth-order valence-electron chi connectivity index (χ4n) is 2.39. The molecule has 20 heavy (non-hydrogen) atoms. The molecule has 0 spiro atoms. The summed E-state index contributed by atoms with van der Waals surface area (Å²) >= 11 is 0. The van der Waals surface area contributed by atoms with Gasteiger partial charge in [-0.3, -0.25) is 4.79 Å². The molecule has 4 nitrogen and oxygen atoms in total. The van der Waals surface area contributed by atoms with Gasteiger partial charge < -0.3 is 10.6 Å². The highest BCUT2D eigenvalue weighted by atomic mass is 19.1. The first-order chi connectivity index (χ1) is 9.74. The van der Waals surface area contributed by atoms with Gasteiger partial charge in [0.25, 0.3) is 0 Å². The molecule has 102 valence electrons. The number of nitrogens with zero attached hydrogens (tertiary/aromatic N) is 1. The van der Waals surface area contributed by atoms with Crippen molar-refractivity contribution in [2.24, 2.45) is 0 Å². The van der Waals surface area contributed by atoms with Crippen molar-refractivity contribution in [2.45, 2.75) is 12.5 Å². The summed E-state index contributed by atoms with van der Waals surface area (Å²) in [6.45, 7) is 1.36. The third kappa shape index (κ3) is 2.53. The molecule has 2 N–H and O–H groups in total. The minimum Gasteiger partial charge on any atom is -0.312 e. The number of amides is 1. The molecule has 1 aromatic carbocycles. The lowest BCUT2D eigenvalue weighted by Crippen LogP contribution is -2.35. The number of hydrogen-bond acceptors (Lipinski definition) is 3. The average Bonchev–Trinajstić information content (AvgIpc) is 2.49. The fraction of sp³-hybridized carbons (Fsp3) is 0.200. The summed E-state index contributed by atoms with van der Waals surface area (Å²) in [5.74, 6) is -0.456. The van der Waals surface area contributed by atoms with Crippen molar-refractivity contribution < 1.29 is 9.18 Å². The topological polar surface area (TPSA) is 54.0 Å². The Hall–Kier alpha value is -2.27. The van der Waals surface area contributed by atoms with Crippen molar-refractivity contribution in [3.8, 4) is 0 Å². The molecule has 0 radical (unpaired) electrons. The predicted molar refractivity (Wildman–Crippen MR) is 73.7 cm³/mol. The lowest BCUT2D eigenvalue weighted by atomic mass is 9.90. The number of nitrogens with one attached hydrogen (secondary N) is 2. The third-order valence-corrected chi connectivity index (χ3v) is 3.39. The number of rotatable bonds is 2. The fourth-order valence-corrected chi connectivity index (χ4v) is 2.39. The zero-order valence-corrected chi connectivity index (χ0v) is 10.8. The first-order valence-corrected chi connectivity index (χ1v) is 6.45. The van der Waals surface area contributed by atoms with Crippen molar-refractivity contribution in [3.05, 3.63) is 59.5 Å². The Morgan fingerprint density at radius 2 is 2.15 bits per heavy atom. The van der Waals surface area contributed by atoms with Crippen molar-refractivity contribution >= 4 is 11.7 Å². The number of hydrogen-bond donors (Lipinski definition) is 2. The number of carbonyl (C=O) groups excluding carboxylic acids is 1. The van der Waals surface area contributed by atoms with Crippen LogP contribution in [0.5, 0.6) is 0 Å². The Labute approximate surface area is 116 Å². The largest absolute Gasteiger partial charge is 0.312 e. The molecule has 0 saturated carbocycles. The summed E-state index contributed by atoms with van der Waals surface area (Å²) in [5, 5.41) is 5.95. The summed E-state index contributed by atoms with van der Waals surface area (Å²) < 4.78 is 12.8. The highest BCUT2D eigenvalue weighted by molar-refractivity contribution is 5.95. The Bertz CT molecular complexity index is 627. The predicted octanol–water partition coefficient (Wildman–Crippen LogP) is 2.05. The molecule has 0 saturated heterocycles. The maximum absolute atomic E-state index is 12.8. The summed E-state index contributed by atoms with van der Waals surface area (Å²) in [4.78, 5) is 16.2. The number of fused-ring (bicyclic) bond motifs is 1. The molecular formula is C15H14FN3O. The van der Waals surface area contributed by atoms with Crippen molar-refractivity contribution in [2.75, 3.05) is 11.9 Å². The van der Waals surface area contributed by atoms with Crippen LogP contribution in [0, 0.1) is 5.82 Å². The monoisotopic (exact) mass is 271 g/mol. The van der Waals surface area contributed by atoms with Gasteiger partial charge in [-0.2, -0.15) is 0 Å². The van der Waals surface area contributed by atoms with Crippen LogP contribution in [0.1, 0.15) is 17.0 Å². The molecule has 2 aromatic rings. The summed E-state index contributed by atoms with van der Waals surface area (Å²) in [7, 11) is 0. The number of aromatic nitrogens is 1. The maximum Gasteiger partial charge on any atom is 0.234 e. The maximum atomic E-state index is 12.8. The SMILES string of the molecule is O=C(Nc1ccc(F)cn1)C1CNCc2ccccc21. The minimum absolute atomic E-state index is 0.135. The number of benzene rings is 1. The van der Waals surface area contributed by atoms with Crippen molar-refractivity contribution in [1.29, 1.82) is 0 Å². The van der Waals surface area contributed by atoms with E-state index in [0.717, 1.165) is 23.9 Å². The number of halogens is 1. The minimum atomic E-state index is -0.423. The zero-order chi connectivity index (χ0) is 13.9. The second-order valence-electron chi connectivity index (χ2n) is 4.73. The molecule has 0 bridgehead atoms. The lowest BCUT2D eigenvalue weighted by Gasteiger charge is -2.25. The van der Waals surface area contributed by atoms with Gasteiger partial charge in [0.2, 0.25) is 5.91 Å². The standard InChI is InChI=1S/C15H14FN3O/c16-11-5-6-14(18-8-11)19-15(20)13-9-17-7-10-3-1-2-4-12(10)13/h1-6,8,13,17H,7,9H2,(H,18,19,20). The third-order valence-electron chi connectivity index (χ3n) is 3.39. The molecular weight excluding hydrogens is 257 g/mol. The van der Waals surface area contributed by atoms with E-state index in [1.807, 2.05) is 24.3 Å². The van der Waals surface area contributed by atoms with Crippen LogP contribution in [0.15, 0.2) is 42.6 Å². The molecule has 1 aliphatic heterocycles. The van der Waals surface area contributed by atoms with Gasteiger partial charge >= 0.3 is 0 Å². The van der Waals surface area contributed by atoms with Crippen LogP contribution in [-0.4, -0.2) is 17.4 Å². The van der Waals surface area contributed by atoms with Crippen LogP contribution in [0.2, 0.25) is 0 Å². The average molecular weight is 271 g/mol. The van der Waals surface area contributed by atoms with Crippen LogP contribution in [0.25, 0.3) is 0 Å². The first-order valence-electron chi connectivity index (χ1n) is 6.45. The molecule has 5 heteroatoms. The van der Waals surface area contributed by atoms with Crippen LogP contribution in [-0.2, 0) is 11.3 Å². The van der Waals surface area contributed by atoms with E-state index < -0.39 is 5.82 Å². The molecule has 0 aliphatic carbocycles. The van der Waals surface area contributed by atoms with E-state index in [9.17, 15) is 9.18 Å². The summed E-state index contributed by atoms with van der Waals surface area (Å²) in [6, 6.07) is 10.6. The molecule has 0 fully saturated rings. The smallest absolute Gasteiger partial charge is 0.234 e. The molecule has 3 rings (SSSR count). The highest BCUT2D eigenvalue weighted by Crippen LogP contribution is 2.24. The van der Waals surface area contributed by atoms with Gasteiger partial charge in [0, 0.05) is 13.1 Å². The van der Waals surface area contributed by atoms with Gasteiger partial charge in [0.15, 0.2) is 0 Å². The highest BCUT2D eigenvalue weighted by Gasteiger charge is 2.26. The van der Waals surface area contributed by atoms with E-state index in [4.69, 9.17) is 0 Å². The Morgan fingerprint density at radius 1 is 1.30 bits per heavy atom. The Balaban J connectivity index is 1.80. The Morgan fingerprint density at radius 3 is 2.95 bits per heavy atom. The van der Waals surface area contributed by atoms with Gasteiger partial charge in [-0.05, 0) is 23.3 Å². The van der Waals surface area contributed by atoms with E-state index in [2.05, 4.69) is 15.6 Å².